The summed E-state index contributed by atoms with van der Waals surface area (Å²) in [6.07, 6.45) is 2.04. The van der Waals surface area contributed by atoms with Crippen LogP contribution in [0.5, 0.6) is 0 Å². The zero-order valence-corrected chi connectivity index (χ0v) is 12.0. The molecule has 0 spiro atoms. The number of hydrogen-bond donors (Lipinski definition) is 1. The first kappa shape index (κ1) is 15.9. The second kappa shape index (κ2) is 7.42. The topological polar surface area (TPSA) is 88.4 Å². The second-order valence-electron chi connectivity index (χ2n) is 4.25. The quantitative estimate of drug-likeness (QED) is 0.611. The molecule has 0 saturated heterocycles. The third-order valence-corrected chi connectivity index (χ3v) is 2.91. The normalized spacial score (nSPS) is 10.2. The van der Waals surface area contributed by atoms with Gasteiger partial charge in [0.25, 0.3) is 11.6 Å². The van der Waals surface area contributed by atoms with Crippen LogP contribution < -0.4 is 5.32 Å². The molecule has 1 aromatic heterocycles. The van der Waals surface area contributed by atoms with E-state index in [1.54, 1.807) is 4.90 Å². The molecule has 20 heavy (non-hydrogen) atoms. The molecular formula is C13H20N4O3. The smallest absolute Gasteiger partial charge is 0.288 e. The van der Waals surface area contributed by atoms with Crippen LogP contribution in [0.1, 0.15) is 37.6 Å². The maximum Gasteiger partial charge on any atom is 0.288 e. The Hall–Kier alpha value is -2.18. The summed E-state index contributed by atoms with van der Waals surface area (Å²) in [5, 5.41) is 13.9. The van der Waals surface area contributed by atoms with Gasteiger partial charge >= 0.3 is 0 Å². The molecule has 1 aromatic rings. The van der Waals surface area contributed by atoms with Gasteiger partial charge in [0, 0.05) is 25.7 Å². The highest BCUT2D eigenvalue weighted by Crippen LogP contribution is 2.21. The number of amides is 1. The van der Waals surface area contributed by atoms with E-state index in [2.05, 4.69) is 10.3 Å². The minimum atomic E-state index is -0.546. The van der Waals surface area contributed by atoms with E-state index in [4.69, 9.17) is 0 Å². The van der Waals surface area contributed by atoms with Crippen LogP contribution in [0.4, 0.5) is 11.5 Å². The summed E-state index contributed by atoms with van der Waals surface area (Å²) < 4.78 is 0. The highest BCUT2D eigenvalue weighted by atomic mass is 16.6. The van der Waals surface area contributed by atoms with Crippen LogP contribution in [0.2, 0.25) is 0 Å². The van der Waals surface area contributed by atoms with Gasteiger partial charge in [-0.1, -0.05) is 6.92 Å². The zero-order chi connectivity index (χ0) is 15.1. The van der Waals surface area contributed by atoms with Crippen LogP contribution >= 0.6 is 0 Å². The summed E-state index contributed by atoms with van der Waals surface area (Å²) in [5.74, 6) is 0.152. The minimum Gasteiger partial charge on any atom is -0.369 e. The molecular weight excluding hydrogens is 260 g/mol. The van der Waals surface area contributed by atoms with E-state index in [9.17, 15) is 14.9 Å². The summed E-state index contributed by atoms with van der Waals surface area (Å²) in [7, 11) is 0. The Balaban J connectivity index is 3.19. The van der Waals surface area contributed by atoms with E-state index in [0.717, 1.165) is 12.6 Å². The number of carbonyl (C=O) groups excluding carboxylic acids is 1. The number of nitrogens with one attached hydrogen (secondary N) is 1. The number of hydrogen-bond acceptors (Lipinski definition) is 5. The van der Waals surface area contributed by atoms with E-state index in [0.29, 0.717) is 25.5 Å². The van der Waals surface area contributed by atoms with Gasteiger partial charge in [-0.05, 0) is 20.3 Å². The predicted octanol–water partition coefficient (Wildman–Crippen LogP) is 2.29. The van der Waals surface area contributed by atoms with Crippen LogP contribution in [0, 0.1) is 10.1 Å². The van der Waals surface area contributed by atoms with Crippen molar-refractivity contribution in [2.24, 2.45) is 0 Å². The molecule has 0 atom stereocenters. The molecule has 0 aliphatic carbocycles. The highest BCUT2D eigenvalue weighted by Gasteiger charge is 2.21. The van der Waals surface area contributed by atoms with Crippen molar-refractivity contribution in [1.29, 1.82) is 0 Å². The third kappa shape index (κ3) is 3.66. The first-order valence-electron chi connectivity index (χ1n) is 6.72. The number of carbonyl (C=O) groups is 1. The summed E-state index contributed by atoms with van der Waals surface area (Å²) in [5.41, 5.74) is 0.0684. The Morgan fingerprint density at radius 1 is 1.40 bits per heavy atom. The summed E-state index contributed by atoms with van der Waals surface area (Å²) in [6, 6.07) is 1.28. The van der Waals surface area contributed by atoms with Gasteiger partial charge in [0.2, 0.25) is 0 Å². The molecule has 0 aliphatic rings. The molecule has 1 heterocycles. The van der Waals surface area contributed by atoms with Crippen molar-refractivity contribution < 1.29 is 9.72 Å². The minimum absolute atomic E-state index is 0.178. The summed E-state index contributed by atoms with van der Waals surface area (Å²) in [4.78, 5) is 28.3. The number of nitrogens with zero attached hydrogens (tertiary/aromatic N) is 3. The van der Waals surface area contributed by atoms with Gasteiger partial charge in [-0.15, -0.1) is 0 Å². The van der Waals surface area contributed by atoms with Crippen molar-refractivity contribution in [3.8, 4) is 0 Å². The van der Waals surface area contributed by atoms with E-state index in [-0.39, 0.29) is 17.2 Å². The number of nitro groups is 1. The Morgan fingerprint density at radius 3 is 2.55 bits per heavy atom. The van der Waals surface area contributed by atoms with Crippen molar-refractivity contribution in [2.75, 3.05) is 25.0 Å². The summed E-state index contributed by atoms with van der Waals surface area (Å²) >= 11 is 0. The molecule has 0 unspecified atom stereocenters. The van der Waals surface area contributed by atoms with Crippen LogP contribution in [0.15, 0.2) is 12.3 Å². The van der Waals surface area contributed by atoms with Gasteiger partial charge in [0.05, 0.1) is 10.5 Å². The van der Waals surface area contributed by atoms with Gasteiger partial charge < -0.3 is 10.2 Å². The van der Waals surface area contributed by atoms with Gasteiger partial charge in [-0.2, -0.15) is 0 Å². The monoisotopic (exact) mass is 280 g/mol. The van der Waals surface area contributed by atoms with Crippen LogP contribution in [-0.4, -0.2) is 40.3 Å². The molecule has 1 N–H and O–H groups in total. The Kier molecular flexibility index (Phi) is 5.89. The number of pyridine rings is 1. The molecule has 110 valence electrons. The zero-order valence-electron chi connectivity index (χ0n) is 12.0. The fraction of sp³-hybridized carbons (Fsp3) is 0.538. The first-order valence-corrected chi connectivity index (χ1v) is 6.72. The van der Waals surface area contributed by atoms with Crippen LogP contribution in [-0.2, 0) is 0 Å². The van der Waals surface area contributed by atoms with Gasteiger partial charge in [-0.25, -0.2) is 4.98 Å². The van der Waals surface area contributed by atoms with Crippen LogP contribution in [0.3, 0.4) is 0 Å². The lowest BCUT2D eigenvalue weighted by Gasteiger charge is -2.20. The molecule has 0 fully saturated rings. The third-order valence-electron chi connectivity index (χ3n) is 2.91. The first-order chi connectivity index (χ1) is 9.54. The number of rotatable bonds is 7. The SMILES string of the molecule is CCCNc1ncc([N+](=O)[O-])cc1C(=O)N(CC)CC. The molecule has 0 aromatic carbocycles. The molecule has 7 nitrogen and oxygen atoms in total. The Labute approximate surface area is 118 Å². The molecule has 0 radical (unpaired) electrons. The Morgan fingerprint density at radius 2 is 2.05 bits per heavy atom. The van der Waals surface area contributed by atoms with E-state index in [1.807, 2.05) is 20.8 Å². The fourth-order valence-corrected chi connectivity index (χ4v) is 1.78. The molecule has 1 amide bonds. The average molecular weight is 280 g/mol. The second-order valence-corrected chi connectivity index (χ2v) is 4.25. The lowest BCUT2D eigenvalue weighted by atomic mass is 10.2. The summed E-state index contributed by atoms with van der Waals surface area (Å²) in [6.45, 7) is 7.47. The number of aromatic nitrogens is 1. The standard InChI is InChI=1S/C13H20N4O3/c1-4-7-14-12-11(13(18)16(5-2)6-3)8-10(9-15-12)17(19)20/h8-9H,4-7H2,1-3H3,(H,14,15). The largest absolute Gasteiger partial charge is 0.369 e. The van der Waals surface area contributed by atoms with Gasteiger partial charge in [0.1, 0.15) is 12.0 Å². The van der Waals surface area contributed by atoms with Crippen molar-refractivity contribution in [2.45, 2.75) is 27.2 Å². The lowest BCUT2D eigenvalue weighted by molar-refractivity contribution is -0.385. The molecule has 0 aliphatic heterocycles. The molecule has 1 rings (SSSR count). The van der Waals surface area contributed by atoms with Crippen molar-refractivity contribution >= 4 is 17.4 Å². The van der Waals surface area contributed by atoms with Crippen molar-refractivity contribution in [1.82, 2.24) is 9.88 Å². The maximum absolute atomic E-state index is 12.4. The maximum atomic E-state index is 12.4. The van der Waals surface area contributed by atoms with E-state index < -0.39 is 4.92 Å². The van der Waals surface area contributed by atoms with Crippen molar-refractivity contribution in [3.63, 3.8) is 0 Å². The van der Waals surface area contributed by atoms with Gasteiger partial charge in [-0.3, -0.25) is 14.9 Å². The van der Waals surface area contributed by atoms with Crippen molar-refractivity contribution in [3.05, 3.63) is 27.9 Å². The Bertz CT molecular complexity index is 487. The predicted molar refractivity (Wildman–Crippen MR) is 76.9 cm³/mol. The lowest BCUT2D eigenvalue weighted by Crippen LogP contribution is -2.31. The molecule has 0 saturated carbocycles. The van der Waals surface area contributed by atoms with E-state index >= 15 is 0 Å². The molecule has 7 heteroatoms. The van der Waals surface area contributed by atoms with Crippen LogP contribution in [0.25, 0.3) is 0 Å². The fourth-order valence-electron chi connectivity index (χ4n) is 1.78. The van der Waals surface area contributed by atoms with E-state index in [1.165, 1.54) is 6.07 Å². The number of anilines is 1. The van der Waals surface area contributed by atoms with Gasteiger partial charge in [0.15, 0.2) is 0 Å². The average Bonchev–Trinajstić information content (AvgIpc) is 2.45. The molecule has 0 bridgehead atoms. The highest BCUT2D eigenvalue weighted by molar-refractivity contribution is 5.99.